The monoisotopic (exact) mass is 331 g/mol. The van der Waals surface area contributed by atoms with E-state index in [4.69, 9.17) is 0 Å². The molecule has 1 amide bonds. The maximum atomic E-state index is 12.1. The van der Waals surface area contributed by atoms with E-state index in [2.05, 4.69) is 25.1 Å². The molecule has 0 spiro atoms. The number of aromatic nitrogens is 4. The zero-order valence-electron chi connectivity index (χ0n) is 13.4. The SMILES string of the molecule is CCCNC(=O)[C@@H](C)Sc1nnc(-c2ccncc2)n1C1CC1. The molecule has 0 radical (unpaired) electrons. The number of hydrogen-bond donors (Lipinski definition) is 1. The molecule has 0 unspecified atom stereocenters. The zero-order valence-corrected chi connectivity index (χ0v) is 14.2. The molecule has 122 valence electrons. The van der Waals surface area contributed by atoms with E-state index in [9.17, 15) is 4.79 Å². The Balaban J connectivity index is 1.80. The van der Waals surface area contributed by atoms with Crippen molar-refractivity contribution in [2.24, 2.45) is 0 Å². The summed E-state index contributed by atoms with van der Waals surface area (Å²) in [4.78, 5) is 16.1. The lowest BCUT2D eigenvalue weighted by atomic mass is 10.2. The van der Waals surface area contributed by atoms with Crippen molar-refractivity contribution in [3.05, 3.63) is 24.5 Å². The molecule has 7 heteroatoms. The van der Waals surface area contributed by atoms with Crippen LogP contribution in [0, 0.1) is 0 Å². The Morgan fingerprint density at radius 1 is 1.39 bits per heavy atom. The summed E-state index contributed by atoms with van der Waals surface area (Å²) in [5.74, 6) is 0.909. The summed E-state index contributed by atoms with van der Waals surface area (Å²) >= 11 is 1.47. The van der Waals surface area contributed by atoms with Gasteiger partial charge in [0, 0.05) is 30.5 Å². The number of nitrogens with zero attached hydrogens (tertiary/aromatic N) is 4. The molecule has 3 rings (SSSR count). The van der Waals surface area contributed by atoms with Crippen LogP contribution in [0.2, 0.25) is 0 Å². The molecule has 1 atom stereocenters. The van der Waals surface area contributed by atoms with E-state index in [0.29, 0.717) is 12.6 Å². The molecule has 2 aromatic rings. The Kier molecular flexibility index (Phi) is 4.95. The lowest BCUT2D eigenvalue weighted by Crippen LogP contribution is -2.31. The van der Waals surface area contributed by atoms with Crippen molar-refractivity contribution in [2.45, 2.75) is 49.6 Å². The highest BCUT2D eigenvalue weighted by molar-refractivity contribution is 8.00. The molecule has 0 aromatic carbocycles. The van der Waals surface area contributed by atoms with Crippen LogP contribution in [-0.2, 0) is 4.79 Å². The first-order valence-corrected chi connectivity index (χ1v) is 8.88. The van der Waals surface area contributed by atoms with Crippen molar-refractivity contribution in [1.29, 1.82) is 0 Å². The van der Waals surface area contributed by atoms with Crippen molar-refractivity contribution in [3.8, 4) is 11.4 Å². The summed E-state index contributed by atoms with van der Waals surface area (Å²) in [7, 11) is 0. The summed E-state index contributed by atoms with van der Waals surface area (Å²) in [6.07, 6.45) is 6.73. The first kappa shape index (κ1) is 16.0. The Labute approximate surface area is 140 Å². The second-order valence-electron chi connectivity index (χ2n) is 5.69. The second-order valence-corrected chi connectivity index (χ2v) is 7.00. The predicted octanol–water partition coefficient (Wildman–Crippen LogP) is 2.68. The van der Waals surface area contributed by atoms with Gasteiger partial charge in [-0.2, -0.15) is 0 Å². The minimum Gasteiger partial charge on any atom is -0.355 e. The standard InChI is InChI=1S/C16H21N5OS/c1-3-8-18-15(22)11(2)23-16-20-19-14(21(16)13-4-5-13)12-6-9-17-10-7-12/h6-7,9-11,13H,3-5,8H2,1-2H3,(H,18,22)/t11-/m1/s1. The van der Waals surface area contributed by atoms with Gasteiger partial charge in [-0.25, -0.2) is 0 Å². The van der Waals surface area contributed by atoms with Crippen molar-refractivity contribution < 1.29 is 4.79 Å². The molecule has 0 saturated heterocycles. The van der Waals surface area contributed by atoms with Gasteiger partial charge in [0.05, 0.1) is 5.25 Å². The molecule has 1 fully saturated rings. The van der Waals surface area contributed by atoms with Gasteiger partial charge < -0.3 is 5.32 Å². The van der Waals surface area contributed by atoms with Gasteiger partial charge in [0.15, 0.2) is 11.0 Å². The number of hydrogen-bond acceptors (Lipinski definition) is 5. The van der Waals surface area contributed by atoms with Crippen LogP contribution in [-0.4, -0.2) is 37.5 Å². The van der Waals surface area contributed by atoms with E-state index in [0.717, 1.165) is 35.8 Å². The largest absolute Gasteiger partial charge is 0.355 e. The Bertz CT molecular complexity index is 668. The Morgan fingerprint density at radius 3 is 2.78 bits per heavy atom. The number of thioether (sulfide) groups is 1. The van der Waals surface area contributed by atoms with Gasteiger partial charge in [-0.05, 0) is 38.3 Å². The lowest BCUT2D eigenvalue weighted by molar-refractivity contribution is -0.120. The van der Waals surface area contributed by atoms with Gasteiger partial charge in [0.25, 0.3) is 0 Å². The van der Waals surface area contributed by atoms with Crippen LogP contribution in [0.3, 0.4) is 0 Å². The van der Waals surface area contributed by atoms with Crippen molar-refractivity contribution in [2.75, 3.05) is 6.54 Å². The highest BCUT2D eigenvalue weighted by Gasteiger charge is 2.31. The summed E-state index contributed by atoms with van der Waals surface area (Å²) in [6.45, 7) is 4.66. The molecule has 23 heavy (non-hydrogen) atoms. The third-order valence-corrected chi connectivity index (χ3v) is 4.77. The van der Waals surface area contributed by atoms with Crippen molar-refractivity contribution >= 4 is 17.7 Å². The normalized spacial score (nSPS) is 15.4. The van der Waals surface area contributed by atoms with Gasteiger partial charge >= 0.3 is 0 Å². The van der Waals surface area contributed by atoms with Crippen molar-refractivity contribution in [1.82, 2.24) is 25.1 Å². The van der Waals surface area contributed by atoms with Crippen molar-refractivity contribution in [3.63, 3.8) is 0 Å². The van der Waals surface area contributed by atoms with Crippen LogP contribution >= 0.6 is 11.8 Å². The fourth-order valence-corrected chi connectivity index (χ4v) is 3.26. The molecule has 2 aromatic heterocycles. The predicted molar refractivity (Wildman–Crippen MR) is 90.1 cm³/mol. The number of carbonyl (C=O) groups is 1. The van der Waals surface area contributed by atoms with Crippen LogP contribution in [0.5, 0.6) is 0 Å². The van der Waals surface area contributed by atoms with Crippen LogP contribution in [0.25, 0.3) is 11.4 Å². The highest BCUT2D eigenvalue weighted by Crippen LogP contribution is 2.41. The first-order chi connectivity index (χ1) is 11.2. The van der Waals surface area contributed by atoms with E-state index >= 15 is 0 Å². The van der Waals surface area contributed by atoms with Gasteiger partial charge in [0.2, 0.25) is 5.91 Å². The topological polar surface area (TPSA) is 72.7 Å². The molecular formula is C16H21N5OS. The quantitative estimate of drug-likeness (QED) is 0.790. The Hall–Kier alpha value is -1.89. The summed E-state index contributed by atoms with van der Waals surface area (Å²) < 4.78 is 2.17. The molecule has 1 saturated carbocycles. The zero-order chi connectivity index (χ0) is 16.2. The van der Waals surface area contributed by atoms with E-state index in [1.165, 1.54) is 11.8 Å². The van der Waals surface area contributed by atoms with Gasteiger partial charge in [0.1, 0.15) is 0 Å². The van der Waals surface area contributed by atoms with E-state index in [-0.39, 0.29) is 11.2 Å². The highest BCUT2D eigenvalue weighted by atomic mass is 32.2. The molecular weight excluding hydrogens is 310 g/mol. The van der Waals surface area contributed by atoms with Crippen LogP contribution in [0.1, 0.15) is 39.2 Å². The smallest absolute Gasteiger partial charge is 0.233 e. The Morgan fingerprint density at radius 2 is 2.13 bits per heavy atom. The number of carbonyl (C=O) groups excluding carboxylic acids is 1. The summed E-state index contributed by atoms with van der Waals surface area (Å²) in [5.41, 5.74) is 1.01. The molecule has 1 N–H and O–H groups in total. The molecule has 1 aliphatic rings. The maximum absolute atomic E-state index is 12.1. The van der Waals surface area contributed by atoms with Gasteiger partial charge in [-0.15, -0.1) is 10.2 Å². The number of nitrogens with one attached hydrogen (secondary N) is 1. The summed E-state index contributed by atoms with van der Waals surface area (Å²) in [5, 5.41) is 12.2. The molecule has 0 bridgehead atoms. The third-order valence-electron chi connectivity index (χ3n) is 3.72. The third kappa shape index (κ3) is 3.72. The number of rotatable bonds is 7. The first-order valence-electron chi connectivity index (χ1n) is 8.00. The molecule has 2 heterocycles. The van der Waals surface area contributed by atoms with E-state index < -0.39 is 0 Å². The van der Waals surface area contributed by atoms with Crippen LogP contribution in [0.4, 0.5) is 0 Å². The minimum absolute atomic E-state index is 0.0488. The van der Waals surface area contributed by atoms with Gasteiger partial charge in [-0.3, -0.25) is 14.3 Å². The maximum Gasteiger partial charge on any atom is 0.233 e. The average molecular weight is 331 g/mol. The van der Waals surface area contributed by atoms with Gasteiger partial charge in [-0.1, -0.05) is 18.7 Å². The molecule has 0 aliphatic heterocycles. The number of amides is 1. The molecule has 6 nitrogen and oxygen atoms in total. The summed E-state index contributed by atoms with van der Waals surface area (Å²) in [6, 6.07) is 4.32. The van der Waals surface area contributed by atoms with E-state index in [1.54, 1.807) is 12.4 Å². The second kappa shape index (κ2) is 7.12. The van der Waals surface area contributed by atoms with Crippen LogP contribution < -0.4 is 5.32 Å². The number of pyridine rings is 1. The molecule has 1 aliphatic carbocycles. The fourth-order valence-electron chi connectivity index (χ4n) is 2.32. The van der Waals surface area contributed by atoms with E-state index in [1.807, 2.05) is 26.0 Å². The average Bonchev–Trinajstić information content (AvgIpc) is 3.34. The fraction of sp³-hybridized carbons (Fsp3) is 0.500. The minimum atomic E-state index is -0.187. The lowest BCUT2D eigenvalue weighted by Gasteiger charge is -2.13. The van der Waals surface area contributed by atoms with Crippen LogP contribution in [0.15, 0.2) is 29.7 Å².